The fraction of sp³-hybridized carbons (Fsp3) is 0.562. The summed E-state index contributed by atoms with van der Waals surface area (Å²) in [6, 6.07) is 0.310. The molecule has 0 aliphatic carbocycles. The van der Waals surface area contributed by atoms with Crippen LogP contribution in [0.2, 0.25) is 0 Å². The van der Waals surface area contributed by atoms with Crippen molar-refractivity contribution in [3.8, 4) is 0 Å². The lowest BCUT2D eigenvalue weighted by atomic mass is 10.0. The van der Waals surface area contributed by atoms with Gasteiger partial charge in [0, 0.05) is 37.1 Å². The molecular weight excluding hydrogens is 278 g/mol. The Kier molecular flexibility index (Phi) is 4.00. The molecule has 2 aromatic heterocycles. The largest absolute Gasteiger partial charge is 0.336 e. The summed E-state index contributed by atoms with van der Waals surface area (Å²) in [7, 11) is 0. The molecule has 1 amide bonds. The van der Waals surface area contributed by atoms with E-state index in [1.165, 1.54) is 0 Å². The fourth-order valence-electron chi connectivity index (χ4n) is 3.18. The number of hydrogen-bond acceptors (Lipinski definition) is 3. The van der Waals surface area contributed by atoms with E-state index in [1.807, 2.05) is 24.2 Å². The van der Waals surface area contributed by atoms with Crippen molar-refractivity contribution in [2.24, 2.45) is 0 Å². The molecule has 1 N–H and O–H groups in total. The zero-order valence-electron chi connectivity index (χ0n) is 13.4. The number of aromatic amines is 1. The summed E-state index contributed by atoms with van der Waals surface area (Å²) in [5.41, 5.74) is 1.51. The molecule has 1 saturated heterocycles. The van der Waals surface area contributed by atoms with Gasteiger partial charge in [0.25, 0.3) is 5.91 Å². The summed E-state index contributed by atoms with van der Waals surface area (Å²) in [5.74, 6) is 1.55. The maximum atomic E-state index is 12.7. The number of likely N-dealkylation sites (tertiary alicyclic amines) is 1. The van der Waals surface area contributed by atoms with Crippen LogP contribution in [-0.4, -0.2) is 43.6 Å². The van der Waals surface area contributed by atoms with E-state index in [2.05, 4.69) is 33.6 Å². The van der Waals surface area contributed by atoms with E-state index in [9.17, 15) is 4.79 Å². The Bertz CT molecular complexity index is 657. The summed E-state index contributed by atoms with van der Waals surface area (Å²) in [6.07, 6.45) is 7.62. The predicted molar refractivity (Wildman–Crippen MR) is 83.8 cm³/mol. The Hall–Kier alpha value is -2.11. The van der Waals surface area contributed by atoms with Crippen molar-refractivity contribution in [2.75, 3.05) is 13.1 Å². The first-order valence-electron chi connectivity index (χ1n) is 7.90. The van der Waals surface area contributed by atoms with Crippen LogP contribution in [0.5, 0.6) is 0 Å². The number of nitrogens with one attached hydrogen (secondary N) is 1. The van der Waals surface area contributed by atoms with Gasteiger partial charge in [-0.15, -0.1) is 0 Å². The van der Waals surface area contributed by atoms with E-state index in [4.69, 9.17) is 0 Å². The Morgan fingerprint density at radius 2 is 2.27 bits per heavy atom. The molecule has 0 bridgehead atoms. The van der Waals surface area contributed by atoms with Crippen LogP contribution in [0.15, 0.2) is 18.6 Å². The Morgan fingerprint density at radius 3 is 2.95 bits per heavy atom. The third kappa shape index (κ3) is 2.65. The molecule has 0 radical (unpaired) electrons. The molecule has 0 unspecified atom stereocenters. The highest BCUT2D eigenvalue weighted by Crippen LogP contribution is 2.26. The first-order valence-corrected chi connectivity index (χ1v) is 7.90. The third-order valence-electron chi connectivity index (χ3n) is 4.35. The van der Waals surface area contributed by atoms with Gasteiger partial charge < -0.3 is 9.47 Å². The molecular formula is C16H23N5O. The minimum atomic E-state index is 0.0714. The Balaban J connectivity index is 1.78. The van der Waals surface area contributed by atoms with Gasteiger partial charge in [0.2, 0.25) is 0 Å². The van der Waals surface area contributed by atoms with Crippen molar-refractivity contribution in [3.63, 3.8) is 0 Å². The minimum Gasteiger partial charge on any atom is -0.336 e. The van der Waals surface area contributed by atoms with Gasteiger partial charge >= 0.3 is 0 Å². The molecule has 0 saturated carbocycles. The van der Waals surface area contributed by atoms with Gasteiger partial charge in [-0.25, -0.2) is 4.98 Å². The molecule has 1 atom stereocenters. The number of aryl methyl sites for hydroxylation is 1. The molecule has 1 aliphatic rings. The van der Waals surface area contributed by atoms with Gasteiger partial charge in [0.15, 0.2) is 0 Å². The second-order valence-electron chi connectivity index (χ2n) is 6.30. The van der Waals surface area contributed by atoms with Crippen LogP contribution in [-0.2, 0) is 0 Å². The van der Waals surface area contributed by atoms with Gasteiger partial charge in [-0.3, -0.25) is 9.89 Å². The van der Waals surface area contributed by atoms with Crippen LogP contribution in [0.3, 0.4) is 0 Å². The summed E-state index contributed by atoms with van der Waals surface area (Å²) in [5, 5.41) is 6.79. The van der Waals surface area contributed by atoms with Crippen LogP contribution in [0.4, 0.5) is 0 Å². The van der Waals surface area contributed by atoms with Gasteiger partial charge in [-0.05, 0) is 19.8 Å². The van der Waals surface area contributed by atoms with Crippen molar-refractivity contribution < 1.29 is 4.79 Å². The average Bonchev–Trinajstić information content (AvgIpc) is 3.15. The summed E-state index contributed by atoms with van der Waals surface area (Å²) >= 11 is 0. The highest BCUT2D eigenvalue weighted by atomic mass is 16.2. The first-order chi connectivity index (χ1) is 10.6. The van der Waals surface area contributed by atoms with E-state index in [0.29, 0.717) is 17.5 Å². The number of H-pyrrole nitrogens is 1. The van der Waals surface area contributed by atoms with Crippen LogP contribution in [0.1, 0.15) is 60.5 Å². The van der Waals surface area contributed by atoms with E-state index < -0.39 is 0 Å². The zero-order chi connectivity index (χ0) is 15.7. The van der Waals surface area contributed by atoms with Gasteiger partial charge in [-0.1, -0.05) is 13.8 Å². The molecule has 2 aromatic rings. The maximum Gasteiger partial charge on any atom is 0.257 e. The molecule has 0 spiro atoms. The summed E-state index contributed by atoms with van der Waals surface area (Å²) in [4.78, 5) is 19.1. The molecule has 6 nitrogen and oxygen atoms in total. The number of aromatic nitrogens is 4. The first kappa shape index (κ1) is 14.8. The third-order valence-corrected chi connectivity index (χ3v) is 4.35. The topological polar surface area (TPSA) is 66.8 Å². The SMILES string of the molecule is Cc1[nH]ncc1C(=O)N1CCC[C@H](n2ccnc2C(C)C)C1. The predicted octanol–water partition coefficient (Wildman–Crippen LogP) is 2.52. The molecule has 0 aromatic carbocycles. The van der Waals surface area contributed by atoms with Gasteiger partial charge in [-0.2, -0.15) is 5.10 Å². The number of amides is 1. The Labute approximate surface area is 130 Å². The molecule has 1 fully saturated rings. The quantitative estimate of drug-likeness (QED) is 0.947. The number of imidazole rings is 1. The molecule has 118 valence electrons. The summed E-state index contributed by atoms with van der Waals surface area (Å²) < 4.78 is 2.24. The second kappa shape index (κ2) is 5.94. The minimum absolute atomic E-state index is 0.0714. The molecule has 3 heterocycles. The number of piperidine rings is 1. The van der Waals surface area contributed by atoms with Crippen molar-refractivity contribution >= 4 is 5.91 Å². The van der Waals surface area contributed by atoms with E-state index in [1.54, 1.807) is 6.20 Å². The molecule has 1 aliphatic heterocycles. The van der Waals surface area contributed by atoms with Gasteiger partial charge in [0.05, 0.1) is 17.8 Å². The molecule has 6 heteroatoms. The van der Waals surface area contributed by atoms with Crippen molar-refractivity contribution in [2.45, 2.75) is 45.6 Å². The lowest BCUT2D eigenvalue weighted by molar-refractivity contribution is 0.0677. The highest BCUT2D eigenvalue weighted by molar-refractivity contribution is 5.95. The molecule has 3 rings (SSSR count). The monoisotopic (exact) mass is 301 g/mol. The summed E-state index contributed by atoms with van der Waals surface area (Å²) in [6.45, 7) is 7.73. The van der Waals surface area contributed by atoms with Crippen LogP contribution in [0.25, 0.3) is 0 Å². The van der Waals surface area contributed by atoms with Crippen molar-refractivity contribution in [1.82, 2.24) is 24.6 Å². The Morgan fingerprint density at radius 1 is 1.45 bits per heavy atom. The van der Waals surface area contributed by atoms with Crippen LogP contribution >= 0.6 is 0 Å². The maximum absolute atomic E-state index is 12.7. The number of hydrogen-bond donors (Lipinski definition) is 1. The van der Waals surface area contributed by atoms with E-state index in [0.717, 1.165) is 37.4 Å². The van der Waals surface area contributed by atoms with Crippen molar-refractivity contribution in [3.05, 3.63) is 35.7 Å². The van der Waals surface area contributed by atoms with Crippen molar-refractivity contribution in [1.29, 1.82) is 0 Å². The normalized spacial score (nSPS) is 18.9. The lowest BCUT2D eigenvalue weighted by Gasteiger charge is -2.34. The van der Waals surface area contributed by atoms with Crippen LogP contribution < -0.4 is 0 Å². The van der Waals surface area contributed by atoms with Crippen LogP contribution in [0, 0.1) is 6.92 Å². The number of rotatable bonds is 3. The zero-order valence-corrected chi connectivity index (χ0v) is 13.4. The standard InChI is InChI=1S/C16H23N5O/c1-11(2)15-17-6-8-21(15)13-5-4-7-20(10-13)16(22)14-9-18-19-12(14)3/h6,8-9,11,13H,4-5,7,10H2,1-3H3,(H,18,19)/t13-/m0/s1. The number of carbonyl (C=O) groups excluding carboxylic acids is 1. The molecule has 22 heavy (non-hydrogen) atoms. The fourth-order valence-corrected chi connectivity index (χ4v) is 3.18. The van der Waals surface area contributed by atoms with E-state index in [-0.39, 0.29) is 5.91 Å². The highest BCUT2D eigenvalue weighted by Gasteiger charge is 2.28. The smallest absolute Gasteiger partial charge is 0.257 e. The average molecular weight is 301 g/mol. The second-order valence-corrected chi connectivity index (χ2v) is 6.30. The van der Waals surface area contributed by atoms with Gasteiger partial charge in [0.1, 0.15) is 5.82 Å². The number of carbonyl (C=O) groups is 1. The van der Waals surface area contributed by atoms with E-state index >= 15 is 0 Å². The lowest BCUT2D eigenvalue weighted by Crippen LogP contribution is -2.41. The number of nitrogens with zero attached hydrogens (tertiary/aromatic N) is 4.